The van der Waals surface area contributed by atoms with Crippen molar-refractivity contribution in [1.82, 2.24) is 10.2 Å². The van der Waals surface area contributed by atoms with Crippen LogP contribution in [-0.4, -0.2) is 57.0 Å². The van der Waals surface area contributed by atoms with Gasteiger partial charge in [-0.1, -0.05) is 55.5 Å². The highest BCUT2D eigenvalue weighted by molar-refractivity contribution is 7.92. The second kappa shape index (κ2) is 15.3. The van der Waals surface area contributed by atoms with Gasteiger partial charge < -0.3 is 19.7 Å². The zero-order valence-corrected chi connectivity index (χ0v) is 27.5. The molecule has 48 heavy (non-hydrogen) atoms. The van der Waals surface area contributed by atoms with Gasteiger partial charge in [0.2, 0.25) is 11.8 Å². The van der Waals surface area contributed by atoms with Crippen LogP contribution in [0.1, 0.15) is 31.4 Å². The van der Waals surface area contributed by atoms with E-state index in [0.29, 0.717) is 18.8 Å². The Morgan fingerprint density at radius 1 is 0.875 bits per heavy atom. The fourth-order valence-corrected chi connectivity index (χ4v) is 6.68. The van der Waals surface area contributed by atoms with Crippen molar-refractivity contribution >= 4 is 27.5 Å². The van der Waals surface area contributed by atoms with Crippen LogP contribution >= 0.6 is 0 Å². The molecule has 1 aliphatic heterocycles. The number of amides is 2. The molecule has 0 saturated heterocycles. The van der Waals surface area contributed by atoms with Crippen molar-refractivity contribution < 1.29 is 36.3 Å². The second-order valence-corrected chi connectivity index (χ2v) is 13.3. The zero-order chi connectivity index (χ0) is 34.3. The molecule has 4 aromatic carbocycles. The van der Waals surface area contributed by atoms with Gasteiger partial charge in [0.05, 0.1) is 10.6 Å². The number of fused-ring (bicyclic) bond motifs is 1. The van der Waals surface area contributed by atoms with Gasteiger partial charge in [0, 0.05) is 30.6 Å². The summed E-state index contributed by atoms with van der Waals surface area (Å²) < 4.78 is 69.6. The molecule has 0 saturated carbocycles. The van der Waals surface area contributed by atoms with E-state index in [-0.39, 0.29) is 47.5 Å². The molecule has 9 nitrogen and oxygen atoms in total. The van der Waals surface area contributed by atoms with Gasteiger partial charge in [-0.2, -0.15) is 0 Å². The molecule has 0 spiro atoms. The van der Waals surface area contributed by atoms with Crippen molar-refractivity contribution in [3.05, 3.63) is 120 Å². The summed E-state index contributed by atoms with van der Waals surface area (Å²) in [6, 6.07) is 22.3. The molecule has 252 valence electrons. The number of sulfonamides is 1. The summed E-state index contributed by atoms with van der Waals surface area (Å²) >= 11 is 0. The molecular weight excluding hydrogens is 640 g/mol. The SMILES string of the molecule is CC[C@@H](C)NC(=O)[C@@H](Cc1ccccc1)N(Cc1ccccc1F)C(=O)CN(c1ccc(F)cc1)S(=O)(=O)c1ccc2c(c1)OCCO2. The monoisotopic (exact) mass is 677 g/mol. The van der Waals surface area contributed by atoms with Gasteiger partial charge in [0.1, 0.15) is 37.4 Å². The molecule has 5 rings (SSSR count). The third-order valence-electron chi connectivity index (χ3n) is 8.07. The van der Waals surface area contributed by atoms with E-state index in [4.69, 9.17) is 9.47 Å². The summed E-state index contributed by atoms with van der Waals surface area (Å²) in [5.74, 6) is -1.84. The highest BCUT2D eigenvalue weighted by Crippen LogP contribution is 2.34. The number of rotatable bonds is 13. The Morgan fingerprint density at radius 3 is 2.23 bits per heavy atom. The van der Waals surface area contributed by atoms with E-state index in [1.54, 1.807) is 18.2 Å². The molecule has 0 bridgehead atoms. The first-order chi connectivity index (χ1) is 23.1. The maximum atomic E-state index is 15.1. The lowest BCUT2D eigenvalue weighted by atomic mass is 10.0. The van der Waals surface area contributed by atoms with Gasteiger partial charge in [-0.15, -0.1) is 0 Å². The van der Waals surface area contributed by atoms with Gasteiger partial charge in [0.15, 0.2) is 11.5 Å². The molecule has 0 fully saturated rings. The summed E-state index contributed by atoms with van der Waals surface area (Å²) in [6.07, 6.45) is 0.700. The highest BCUT2D eigenvalue weighted by atomic mass is 32.2. The largest absolute Gasteiger partial charge is 0.486 e. The van der Waals surface area contributed by atoms with E-state index >= 15 is 4.39 Å². The zero-order valence-electron chi connectivity index (χ0n) is 26.6. The number of ether oxygens (including phenoxy) is 2. The average Bonchev–Trinajstić information content (AvgIpc) is 3.09. The van der Waals surface area contributed by atoms with E-state index in [1.807, 2.05) is 32.0 Å². The summed E-state index contributed by atoms with van der Waals surface area (Å²) in [5, 5.41) is 2.94. The normalized spacial score (nSPS) is 13.7. The van der Waals surface area contributed by atoms with E-state index in [9.17, 15) is 22.4 Å². The van der Waals surface area contributed by atoms with Crippen molar-refractivity contribution in [2.45, 2.75) is 50.2 Å². The van der Waals surface area contributed by atoms with Crippen LogP contribution in [0.15, 0.2) is 102 Å². The van der Waals surface area contributed by atoms with Crippen LogP contribution in [0.3, 0.4) is 0 Å². The second-order valence-electron chi connectivity index (χ2n) is 11.4. The summed E-state index contributed by atoms with van der Waals surface area (Å²) in [5.41, 5.74) is 0.893. The van der Waals surface area contributed by atoms with Gasteiger partial charge in [0.25, 0.3) is 10.0 Å². The Hall–Kier alpha value is -4.97. The van der Waals surface area contributed by atoms with Crippen molar-refractivity contribution in [1.29, 1.82) is 0 Å². The smallest absolute Gasteiger partial charge is 0.264 e. The first kappa shape index (κ1) is 34.4. The number of halogens is 2. The van der Waals surface area contributed by atoms with Crippen molar-refractivity contribution in [3.63, 3.8) is 0 Å². The lowest BCUT2D eigenvalue weighted by Crippen LogP contribution is -2.54. The summed E-state index contributed by atoms with van der Waals surface area (Å²) in [6.45, 7) is 3.17. The highest BCUT2D eigenvalue weighted by Gasteiger charge is 2.35. The molecule has 0 radical (unpaired) electrons. The van der Waals surface area contributed by atoms with E-state index in [2.05, 4.69) is 5.32 Å². The number of benzene rings is 4. The van der Waals surface area contributed by atoms with Crippen molar-refractivity contribution in [2.75, 3.05) is 24.1 Å². The minimum atomic E-state index is -4.48. The number of nitrogens with one attached hydrogen (secondary N) is 1. The van der Waals surface area contributed by atoms with E-state index in [0.717, 1.165) is 22.0 Å². The predicted octanol–water partition coefficient (Wildman–Crippen LogP) is 5.49. The molecule has 1 aliphatic rings. The minimum absolute atomic E-state index is 0.00847. The van der Waals surface area contributed by atoms with Crippen LogP contribution in [0.5, 0.6) is 11.5 Å². The lowest BCUT2D eigenvalue weighted by Gasteiger charge is -2.34. The lowest BCUT2D eigenvalue weighted by molar-refractivity contribution is -0.140. The molecule has 12 heteroatoms. The Kier molecular flexibility index (Phi) is 10.9. The molecule has 1 N–H and O–H groups in total. The molecule has 1 heterocycles. The van der Waals surface area contributed by atoms with Crippen LogP contribution in [0.2, 0.25) is 0 Å². The topological polar surface area (TPSA) is 105 Å². The Bertz CT molecular complexity index is 1840. The van der Waals surface area contributed by atoms with Crippen LogP contribution in [0.25, 0.3) is 0 Å². The third-order valence-corrected chi connectivity index (χ3v) is 9.84. The number of carbonyl (C=O) groups excluding carboxylic acids is 2. The Balaban J connectivity index is 1.58. The standard InChI is InChI=1S/C36H37F2N3O6S/c1-3-25(2)39-36(43)32(21-26-9-5-4-6-10-26)40(23-27-11-7-8-12-31(27)38)35(42)24-41(29-15-13-28(37)14-16-29)48(44,45)30-17-18-33-34(22-30)47-20-19-46-33/h4-18,22,25,32H,3,19-21,23-24H2,1-2H3,(H,39,43)/t25-,32-/m1/s1. The first-order valence-corrected chi connectivity index (χ1v) is 17.1. The van der Waals surface area contributed by atoms with Crippen LogP contribution in [0.4, 0.5) is 14.5 Å². The molecule has 2 atom stereocenters. The first-order valence-electron chi connectivity index (χ1n) is 15.6. The number of nitrogens with zero attached hydrogens (tertiary/aromatic N) is 2. The number of hydrogen-bond donors (Lipinski definition) is 1. The van der Waals surface area contributed by atoms with Crippen LogP contribution < -0.4 is 19.1 Å². The summed E-state index contributed by atoms with van der Waals surface area (Å²) in [7, 11) is -4.48. The number of carbonyl (C=O) groups is 2. The van der Waals surface area contributed by atoms with Crippen molar-refractivity contribution in [2.24, 2.45) is 0 Å². The van der Waals surface area contributed by atoms with E-state index in [1.165, 1.54) is 53.4 Å². The fourth-order valence-electron chi connectivity index (χ4n) is 5.25. The maximum Gasteiger partial charge on any atom is 0.264 e. The van der Waals surface area contributed by atoms with Gasteiger partial charge in [-0.05, 0) is 61.4 Å². The number of hydrogen-bond acceptors (Lipinski definition) is 6. The molecular formula is C36H37F2N3O6S. The minimum Gasteiger partial charge on any atom is -0.486 e. The quantitative estimate of drug-likeness (QED) is 0.201. The summed E-state index contributed by atoms with van der Waals surface area (Å²) in [4.78, 5) is 29.4. The predicted molar refractivity (Wildman–Crippen MR) is 177 cm³/mol. The average molecular weight is 678 g/mol. The van der Waals surface area contributed by atoms with Crippen molar-refractivity contribution in [3.8, 4) is 11.5 Å². The van der Waals surface area contributed by atoms with Crippen LogP contribution in [0, 0.1) is 11.6 Å². The fraction of sp³-hybridized carbons (Fsp3) is 0.278. The Morgan fingerprint density at radius 2 is 1.54 bits per heavy atom. The molecule has 4 aromatic rings. The van der Waals surface area contributed by atoms with Crippen LogP contribution in [-0.2, 0) is 32.6 Å². The third kappa shape index (κ3) is 8.11. The van der Waals surface area contributed by atoms with E-state index < -0.39 is 46.1 Å². The molecule has 2 amide bonds. The molecule has 0 aromatic heterocycles. The van der Waals surface area contributed by atoms with Gasteiger partial charge >= 0.3 is 0 Å². The molecule has 0 unspecified atom stereocenters. The molecule has 0 aliphatic carbocycles. The van der Waals surface area contributed by atoms with Gasteiger partial charge in [-0.3, -0.25) is 13.9 Å². The maximum absolute atomic E-state index is 15.1. The van der Waals surface area contributed by atoms with Gasteiger partial charge in [-0.25, -0.2) is 17.2 Å². The Labute approximate surface area is 279 Å². The number of anilines is 1.